The van der Waals surface area contributed by atoms with Crippen molar-refractivity contribution in [2.75, 3.05) is 11.9 Å². The van der Waals surface area contributed by atoms with Crippen molar-refractivity contribution in [1.29, 1.82) is 5.41 Å². The van der Waals surface area contributed by atoms with E-state index in [-0.39, 0.29) is 23.4 Å². The molecule has 11 nitrogen and oxygen atoms in total. The van der Waals surface area contributed by atoms with E-state index in [1.54, 1.807) is 11.6 Å². The van der Waals surface area contributed by atoms with Crippen LogP contribution in [0.4, 0.5) is 10.6 Å². The van der Waals surface area contributed by atoms with Gasteiger partial charge in [0.05, 0.1) is 5.71 Å². The molecular formula is C18H22N10O. The smallest absolute Gasteiger partial charge is 0.320 e. The molecule has 29 heavy (non-hydrogen) atoms. The minimum absolute atomic E-state index is 0.201. The van der Waals surface area contributed by atoms with Crippen molar-refractivity contribution in [3.05, 3.63) is 53.5 Å². The number of H-pyrrole nitrogens is 1. The number of aromatic amines is 1. The van der Waals surface area contributed by atoms with Gasteiger partial charge >= 0.3 is 6.03 Å². The van der Waals surface area contributed by atoms with E-state index < -0.39 is 0 Å². The van der Waals surface area contributed by atoms with Crippen LogP contribution in [0.3, 0.4) is 0 Å². The van der Waals surface area contributed by atoms with Gasteiger partial charge in [0, 0.05) is 19.2 Å². The van der Waals surface area contributed by atoms with Crippen molar-refractivity contribution in [3.63, 3.8) is 0 Å². The number of nitrogens with zero attached hydrogens (tertiary/aromatic N) is 5. The molecule has 2 amide bonds. The van der Waals surface area contributed by atoms with Crippen LogP contribution in [0.15, 0.2) is 36.7 Å². The monoisotopic (exact) mass is 394 g/mol. The zero-order valence-corrected chi connectivity index (χ0v) is 16.4. The van der Waals surface area contributed by atoms with Gasteiger partial charge in [0.2, 0.25) is 5.82 Å². The number of aromatic nitrogens is 6. The molecule has 0 saturated carbocycles. The molecule has 0 fully saturated rings. The molecule has 0 aliphatic carbocycles. The van der Waals surface area contributed by atoms with Crippen LogP contribution in [0.5, 0.6) is 0 Å². The summed E-state index contributed by atoms with van der Waals surface area (Å²) in [6.07, 6.45) is 0. The Balaban J connectivity index is 2.00. The summed E-state index contributed by atoms with van der Waals surface area (Å²) in [4.78, 5) is 16.3. The number of aryl methyl sites for hydroxylation is 1. The highest BCUT2D eigenvalue weighted by Gasteiger charge is 2.23. The van der Waals surface area contributed by atoms with Crippen molar-refractivity contribution in [3.8, 4) is 11.6 Å². The van der Waals surface area contributed by atoms with Gasteiger partial charge in [0.15, 0.2) is 5.82 Å². The van der Waals surface area contributed by atoms with Gasteiger partial charge < -0.3 is 15.2 Å². The van der Waals surface area contributed by atoms with Gasteiger partial charge in [-0.1, -0.05) is 30.3 Å². The first kappa shape index (κ1) is 19.7. The van der Waals surface area contributed by atoms with E-state index >= 15 is 0 Å². The number of carbonyl (C=O) groups is 1. The van der Waals surface area contributed by atoms with E-state index in [9.17, 15) is 4.79 Å². The molecule has 3 aromatic rings. The largest absolute Gasteiger partial charge is 0.338 e. The average molecular weight is 394 g/mol. The normalized spacial score (nSPS) is 10.4. The van der Waals surface area contributed by atoms with Crippen molar-refractivity contribution >= 4 is 17.6 Å². The first-order chi connectivity index (χ1) is 13.9. The second-order valence-corrected chi connectivity index (χ2v) is 6.26. The summed E-state index contributed by atoms with van der Waals surface area (Å²) in [5.74, 6) is 1.37. The first-order valence-electron chi connectivity index (χ1n) is 8.88. The fraction of sp³-hybridized carbons (Fsp3) is 0.222. The number of benzene rings is 1. The SMILES string of the molecule is C=C(NC(=O)NCC)Nc1c(C(=N)c2cccc(C)c2)nc(-c2nn[nH]n2)n1C. The first-order valence-corrected chi connectivity index (χ1v) is 8.88. The van der Waals surface area contributed by atoms with E-state index in [1.165, 1.54) is 0 Å². The van der Waals surface area contributed by atoms with Crippen LogP contribution >= 0.6 is 0 Å². The Bertz CT molecular complexity index is 1050. The van der Waals surface area contributed by atoms with Crippen molar-refractivity contribution in [2.45, 2.75) is 13.8 Å². The van der Waals surface area contributed by atoms with Crippen LogP contribution in [0.2, 0.25) is 0 Å². The summed E-state index contributed by atoms with van der Waals surface area (Å²) < 4.78 is 1.68. The van der Waals surface area contributed by atoms with E-state index in [2.05, 4.69) is 48.1 Å². The molecule has 0 radical (unpaired) electrons. The number of carbonyl (C=O) groups excluding carboxylic acids is 1. The predicted octanol–water partition coefficient (Wildman–Crippen LogP) is 1.53. The number of imidazole rings is 1. The zero-order chi connectivity index (χ0) is 21.0. The molecule has 0 bridgehead atoms. The molecule has 5 N–H and O–H groups in total. The number of rotatable bonds is 7. The minimum atomic E-state index is -0.388. The van der Waals surface area contributed by atoms with Gasteiger partial charge in [-0.2, -0.15) is 5.21 Å². The number of hydrogen-bond acceptors (Lipinski definition) is 7. The lowest BCUT2D eigenvalue weighted by molar-refractivity contribution is 0.244. The van der Waals surface area contributed by atoms with Gasteiger partial charge in [-0.15, -0.1) is 10.2 Å². The van der Waals surface area contributed by atoms with Crippen LogP contribution < -0.4 is 16.0 Å². The molecule has 2 aromatic heterocycles. The Morgan fingerprint density at radius 2 is 2.17 bits per heavy atom. The summed E-state index contributed by atoms with van der Waals surface area (Å²) in [5, 5.41) is 30.8. The Hall–Kier alpha value is -4.02. The molecule has 0 unspecified atom stereocenters. The lowest BCUT2D eigenvalue weighted by atomic mass is 10.1. The molecule has 11 heteroatoms. The molecule has 0 aliphatic rings. The van der Waals surface area contributed by atoms with Crippen molar-refractivity contribution < 1.29 is 4.79 Å². The molecule has 2 heterocycles. The number of hydrogen-bond donors (Lipinski definition) is 5. The van der Waals surface area contributed by atoms with Crippen LogP contribution in [-0.2, 0) is 7.05 Å². The highest BCUT2D eigenvalue weighted by atomic mass is 16.2. The van der Waals surface area contributed by atoms with Gasteiger partial charge in [0.25, 0.3) is 0 Å². The second-order valence-electron chi connectivity index (χ2n) is 6.26. The predicted molar refractivity (Wildman–Crippen MR) is 108 cm³/mol. The second kappa shape index (κ2) is 8.33. The molecular weight excluding hydrogens is 372 g/mol. The van der Waals surface area contributed by atoms with Crippen molar-refractivity contribution in [2.24, 2.45) is 7.05 Å². The number of nitrogens with one attached hydrogen (secondary N) is 5. The van der Waals surface area contributed by atoms with Crippen LogP contribution in [0.1, 0.15) is 23.7 Å². The quantitative estimate of drug-likeness (QED) is 0.384. The van der Waals surface area contributed by atoms with Gasteiger partial charge in [-0.05, 0) is 25.1 Å². The number of tetrazole rings is 1. The maximum absolute atomic E-state index is 11.8. The molecule has 0 aliphatic heterocycles. The van der Waals surface area contributed by atoms with Gasteiger partial charge in [-0.3, -0.25) is 10.7 Å². The summed E-state index contributed by atoms with van der Waals surface area (Å²) in [6.45, 7) is 8.08. The lowest BCUT2D eigenvalue weighted by Crippen LogP contribution is -2.36. The Morgan fingerprint density at radius 3 is 2.83 bits per heavy atom. The highest BCUT2D eigenvalue weighted by Crippen LogP contribution is 2.25. The number of urea groups is 1. The van der Waals surface area contributed by atoms with Crippen LogP contribution in [-0.4, -0.2) is 48.5 Å². The van der Waals surface area contributed by atoms with Crippen molar-refractivity contribution in [1.82, 2.24) is 40.8 Å². The standard InChI is InChI=1S/C18H22N10O/c1-5-20-18(29)22-11(3)21-16-14(13(19)12-8-6-7-10(2)9-12)23-17(28(16)4)15-24-26-27-25-15/h6-9,19,21H,3,5H2,1-2,4H3,(H2,20,22,29)(H,24,25,26,27). The summed E-state index contributed by atoms with van der Waals surface area (Å²) in [7, 11) is 1.74. The third kappa shape index (κ3) is 4.29. The summed E-state index contributed by atoms with van der Waals surface area (Å²) in [6, 6.07) is 7.18. The van der Waals surface area contributed by atoms with Crippen LogP contribution in [0.25, 0.3) is 11.6 Å². The fourth-order valence-electron chi connectivity index (χ4n) is 2.73. The van der Waals surface area contributed by atoms with Gasteiger partial charge in [0.1, 0.15) is 17.3 Å². The molecule has 3 rings (SSSR count). The lowest BCUT2D eigenvalue weighted by Gasteiger charge is -2.14. The maximum Gasteiger partial charge on any atom is 0.320 e. The summed E-state index contributed by atoms with van der Waals surface area (Å²) >= 11 is 0. The maximum atomic E-state index is 11.8. The topological polar surface area (TPSA) is 149 Å². The zero-order valence-electron chi connectivity index (χ0n) is 16.4. The molecule has 0 spiro atoms. The number of amides is 2. The molecule has 150 valence electrons. The van der Waals surface area contributed by atoms with E-state index in [4.69, 9.17) is 5.41 Å². The molecule has 1 aromatic carbocycles. The summed E-state index contributed by atoms with van der Waals surface area (Å²) in [5.41, 5.74) is 2.29. The Labute approximate surface area is 167 Å². The minimum Gasteiger partial charge on any atom is -0.338 e. The average Bonchev–Trinajstić information content (AvgIpc) is 3.30. The van der Waals surface area contributed by atoms with E-state index in [0.717, 1.165) is 5.56 Å². The number of anilines is 1. The van der Waals surface area contributed by atoms with Crippen LogP contribution in [0, 0.1) is 12.3 Å². The third-order valence-electron chi connectivity index (χ3n) is 4.06. The molecule has 0 atom stereocenters. The Morgan fingerprint density at radius 1 is 1.38 bits per heavy atom. The highest BCUT2D eigenvalue weighted by molar-refractivity contribution is 6.13. The Kier molecular flexibility index (Phi) is 5.67. The van der Waals surface area contributed by atoms with Gasteiger partial charge in [-0.25, -0.2) is 9.78 Å². The van der Waals surface area contributed by atoms with E-state index in [1.807, 2.05) is 38.1 Å². The van der Waals surface area contributed by atoms with E-state index in [0.29, 0.717) is 29.4 Å². The molecule has 0 saturated heterocycles. The third-order valence-corrected chi connectivity index (χ3v) is 4.06. The fourth-order valence-corrected chi connectivity index (χ4v) is 2.73.